The minimum atomic E-state index is 0.291. The molecular weight excluding hydrogens is 208 g/mol. The number of benzene rings is 1. The molecule has 2 nitrogen and oxygen atoms in total. The van der Waals surface area contributed by atoms with E-state index in [-0.39, 0.29) is 0 Å². The van der Waals surface area contributed by atoms with E-state index in [1.165, 1.54) is 43.6 Å². The van der Waals surface area contributed by atoms with Gasteiger partial charge in [-0.25, -0.2) is 0 Å². The standard InChI is InChI=1S/C15H24N2/c1-15(2,12-16)9-5-10-17-11-8-13-6-3-4-7-14(13)17/h3-4,6-7H,5,8-12,16H2,1-2H3. The third-order valence-corrected chi connectivity index (χ3v) is 3.82. The van der Waals surface area contributed by atoms with Gasteiger partial charge in [-0.15, -0.1) is 0 Å². The van der Waals surface area contributed by atoms with E-state index in [9.17, 15) is 0 Å². The van der Waals surface area contributed by atoms with Gasteiger partial charge in [-0.3, -0.25) is 0 Å². The molecule has 0 aliphatic carbocycles. The highest BCUT2D eigenvalue weighted by atomic mass is 15.1. The van der Waals surface area contributed by atoms with Crippen molar-refractivity contribution >= 4 is 5.69 Å². The number of fused-ring (bicyclic) bond motifs is 1. The van der Waals surface area contributed by atoms with Gasteiger partial charge >= 0.3 is 0 Å². The van der Waals surface area contributed by atoms with Crippen LogP contribution in [0.1, 0.15) is 32.3 Å². The number of nitrogens with zero attached hydrogens (tertiary/aromatic N) is 1. The maximum atomic E-state index is 5.76. The molecule has 0 bridgehead atoms. The lowest BCUT2D eigenvalue weighted by atomic mass is 9.88. The molecule has 94 valence electrons. The Balaban J connectivity index is 1.86. The molecule has 1 aliphatic heterocycles. The molecule has 0 spiro atoms. The second-order valence-corrected chi connectivity index (χ2v) is 5.84. The van der Waals surface area contributed by atoms with Crippen molar-refractivity contribution in [3.8, 4) is 0 Å². The lowest BCUT2D eigenvalue weighted by Gasteiger charge is -2.25. The summed E-state index contributed by atoms with van der Waals surface area (Å²) in [6, 6.07) is 8.77. The lowest BCUT2D eigenvalue weighted by molar-refractivity contribution is 0.338. The Morgan fingerprint density at radius 3 is 2.82 bits per heavy atom. The normalized spacial score (nSPS) is 15.1. The van der Waals surface area contributed by atoms with Crippen molar-refractivity contribution in [1.82, 2.24) is 0 Å². The Morgan fingerprint density at radius 2 is 2.06 bits per heavy atom. The Labute approximate surface area is 105 Å². The molecule has 0 atom stereocenters. The van der Waals surface area contributed by atoms with Gasteiger partial charge in [-0.2, -0.15) is 0 Å². The Bertz CT molecular complexity index is 371. The van der Waals surface area contributed by atoms with E-state index >= 15 is 0 Å². The summed E-state index contributed by atoms with van der Waals surface area (Å²) in [6.07, 6.45) is 3.65. The van der Waals surface area contributed by atoms with E-state index in [0.717, 1.165) is 6.54 Å². The van der Waals surface area contributed by atoms with E-state index in [2.05, 4.69) is 43.0 Å². The molecule has 0 radical (unpaired) electrons. The molecule has 2 rings (SSSR count). The summed E-state index contributed by atoms with van der Waals surface area (Å²) in [5, 5.41) is 0. The fourth-order valence-corrected chi connectivity index (χ4v) is 2.49. The number of anilines is 1. The van der Waals surface area contributed by atoms with Gasteiger partial charge in [-0.1, -0.05) is 32.0 Å². The van der Waals surface area contributed by atoms with E-state index in [4.69, 9.17) is 5.73 Å². The quantitative estimate of drug-likeness (QED) is 0.846. The highest BCUT2D eigenvalue weighted by Gasteiger charge is 2.19. The largest absolute Gasteiger partial charge is 0.371 e. The number of para-hydroxylation sites is 1. The monoisotopic (exact) mass is 232 g/mol. The molecule has 0 fully saturated rings. The zero-order valence-corrected chi connectivity index (χ0v) is 11.1. The third-order valence-electron chi connectivity index (χ3n) is 3.82. The molecule has 1 aromatic carbocycles. The predicted molar refractivity (Wildman–Crippen MR) is 74.4 cm³/mol. The van der Waals surface area contributed by atoms with Crippen molar-refractivity contribution in [3.05, 3.63) is 29.8 Å². The highest BCUT2D eigenvalue weighted by molar-refractivity contribution is 5.57. The van der Waals surface area contributed by atoms with Gasteiger partial charge < -0.3 is 10.6 Å². The van der Waals surface area contributed by atoms with Gasteiger partial charge in [0.05, 0.1) is 0 Å². The van der Waals surface area contributed by atoms with E-state index in [1.54, 1.807) is 0 Å². The van der Waals surface area contributed by atoms with Crippen molar-refractivity contribution in [2.45, 2.75) is 33.1 Å². The summed E-state index contributed by atoms with van der Waals surface area (Å²) >= 11 is 0. The number of nitrogens with two attached hydrogens (primary N) is 1. The summed E-state index contributed by atoms with van der Waals surface area (Å²) in [6.45, 7) is 7.64. The average molecular weight is 232 g/mol. The van der Waals surface area contributed by atoms with Crippen LogP contribution in [0.5, 0.6) is 0 Å². The van der Waals surface area contributed by atoms with Gasteiger partial charge in [0.2, 0.25) is 0 Å². The summed E-state index contributed by atoms with van der Waals surface area (Å²) in [4.78, 5) is 2.52. The molecule has 0 unspecified atom stereocenters. The highest BCUT2D eigenvalue weighted by Crippen LogP contribution is 2.28. The van der Waals surface area contributed by atoms with Crippen LogP contribution in [-0.2, 0) is 6.42 Å². The molecule has 2 N–H and O–H groups in total. The summed E-state index contributed by atoms with van der Waals surface area (Å²) in [5.41, 5.74) is 9.00. The Morgan fingerprint density at radius 1 is 1.29 bits per heavy atom. The van der Waals surface area contributed by atoms with Crippen molar-refractivity contribution in [2.24, 2.45) is 11.1 Å². The fraction of sp³-hybridized carbons (Fsp3) is 0.600. The molecule has 0 saturated heterocycles. The maximum absolute atomic E-state index is 5.76. The van der Waals surface area contributed by atoms with E-state index in [1.807, 2.05) is 0 Å². The SMILES string of the molecule is CC(C)(CN)CCCN1CCc2ccccc21. The lowest BCUT2D eigenvalue weighted by Crippen LogP contribution is -2.27. The molecule has 0 saturated carbocycles. The predicted octanol–water partition coefficient (Wildman–Crippen LogP) is 2.81. The van der Waals surface area contributed by atoms with Crippen LogP contribution < -0.4 is 10.6 Å². The molecule has 0 aromatic heterocycles. The Kier molecular flexibility index (Phi) is 3.72. The second-order valence-electron chi connectivity index (χ2n) is 5.84. The maximum Gasteiger partial charge on any atom is 0.0399 e. The van der Waals surface area contributed by atoms with Crippen LogP contribution in [0.25, 0.3) is 0 Å². The molecule has 2 heteroatoms. The van der Waals surface area contributed by atoms with Crippen LogP contribution in [0.15, 0.2) is 24.3 Å². The average Bonchev–Trinajstić information content (AvgIpc) is 2.73. The molecule has 1 heterocycles. The van der Waals surface area contributed by atoms with Gasteiger partial charge in [-0.05, 0) is 42.9 Å². The zero-order chi connectivity index (χ0) is 12.3. The smallest absolute Gasteiger partial charge is 0.0399 e. The molecule has 0 amide bonds. The molecular formula is C15H24N2. The van der Waals surface area contributed by atoms with E-state index in [0.29, 0.717) is 5.41 Å². The van der Waals surface area contributed by atoms with Crippen molar-refractivity contribution in [1.29, 1.82) is 0 Å². The summed E-state index contributed by atoms with van der Waals surface area (Å²) < 4.78 is 0. The van der Waals surface area contributed by atoms with Gasteiger partial charge in [0, 0.05) is 18.8 Å². The minimum Gasteiger partial charge on any atom is -0.371 e. The van der Waals surface area contributed by atoms with Gasteiger partial charge in [0.15, 0.2) is 0 Å². The summed E-state index contributed by atoms with van der Waals surface area (Å²) in [5.74, 6) is 0. The first kappa shape index (κ1) is 12.4. The Hall–Kier alpha value is -1.02. The summed E-state index contributed by atoms with van der Waals surface area (Å²) in [7, 11) is 0. The third kappa shape index (κ3) is 3.01. The van der Waals surface area contributed by atoms with Crippen LogP contribution >= 0.6 is 0 Å². The number of hydrogen-bond acceptors (Lipinski definition) is 2. The first-order valence-electron chi connectivity index (χ1n) is 6.65. The van der Waals surface area contributed by atoms with Crippen LogP contribution in [0.2, 0.25) is 0 Å². The molecule has 1 aliphatic rings. The topological polar surface area (TPSA) is 29.3 Å². The van der Waals surface area contributed by atoms with Gasteiger partial charge in [0.1, 0.15) is 0 Å². The first-order chi connectivity index (χ1) is 8.12. The van der Waals surface area contributed by atoms with Crippen LogP contribution in [0.4, 0.5) is 5.69 Å². The second kappa shape index (κ2) is 5.09. The number of hydrogen-bond donors (Lipinski definition) is 1. The van der Waals surface area contributed by atoms with Crippen molar-refractivity contribution in [2.75, 3.05) is 24.5 Å². The number of rotatable bonds is 5. The molecule has 1 aromatic rings. The van der Waals surface area contributed by atoms with Crippen molar-refractivity contribution in [3.63, 3.8) is 0 Å². The first-order valence-corrected chi connectivity index (χ1v) is 6.65. The van der Waals surface area contributed by atoms with Crippen LogP contribution in [0.3, 0.4) is 0 Å². The van der Waals surface area contributed by atoms with Crippen molar-refractivity contribution < 1.29 is 0 Å². The van der Waals surface area contributed by atoms with E-state index < -0.39 is 0 Å². The van der Waals surface area contributed by atoms with Gasteiger partial charge in [0.25, 0.3) is 0 Å². The zero-order valence-electron chi connectivity index (χ0n) is 11.1. The molecule has 17 heavy (non-hydrogen) atoms. The fourth-order valence-electron chi connectivity index (χ4n) is 2.49. The van der Waals surface area contributed by atoms with Crippen LogP contribution in [0, 0.1) is 5.41 Å². The van der Waals surface area contributed by atoms with Crippen LogP contribution in [-0.4, -0.2) is 19.6 Å². The minimum absolute atomic E-state index is 0.291.